The number of nitrogens with zero attached hydrogens (tertiary/aromatic N) is 6. The van der Waals surface area contributed by atoms with E-state index in [1.54, 1.807) is 46.7 Å². The Balaban J connectivity index is 1.21. The van der Waals surface area contributed by atoms with Crippen molar-refractivity contribution in [1.29, 1.82) is 0 Å². The van der Waals surface area contributed by atoms with Gasteiger partial charge in [-0.15, -0.1) is 11.3 Å². The van der Waals surface area contributed by atoms with Crippen LogP contribution in [0.15, 0.2) is 60.9 Å². The number of likely N-dealkylation sites (tertiary alicyclic amines) is 1. The highest BCUT2D eigenvalue weighted by molar-refractivity contribution is 7.09. The number of amides is 1. The van der Waals surface area contributed by atoms with E-state index in [2.05, 4.69) is 42.0 Å². The van der Waals surface area contributed by atoms with Gasteiger partial charge in [0, 0.05) is 42.7 Å². The molecule has 1 aliphatic heterocycles. The summed E-state index contributed by atoms with van der Waals surface area (Å²) in [5.74, 6) is 0.841. The first-order valence-electron chi connectivity index (χ1n) is 12.7. The fourth-order valence-electron chi connectivity index (χ4n) is 4.79. The molecule has 0 radical (unpaired) electrons. The lowest BCUT2D eigenvalue weighted by atomic mass is 9.92. The van der Waals surface area contributed by atoms with Gasteiger partial charge in [-0.05, 0) is 44.0 Å². The van der Waals surface area contributed by atoms with Gasteiger partial charge in [-0.3, -0.25) is 14.9 Å². The SMILES string of the molecule is C=CC(=O)N1CCC(c2n[nH]c3ncnc(Nc4ccc(Oc5ccnc(-c6csc(C)n6)c5)cc4F)c23)CC1. The summed E-state index contributed by atoms with van der Waals surface area (Å²) in [7, 11) is 0. The van der Waals surface area contributed by atoms with Crippen molar-refractivity contribution >= 4 is 39.8 Å². The molecule has 5 heterocycles. The molecule has 1 saturated heterocycles. The minimum Gasteiger partial charge on any atom is -0.457 e. The second-order valence-corrected chi connectivity index (χ2v) is 10.4. The van der Waals surface area contributed by atoms with Crippen LogP contribution in [0.5, 0.6) is 11.5 Å². The number of piperidine rings is 1. The number of pyridine rings is 1. The van der Waals surface area contributed by atoms with Crippen LogP contribution in [0.3, 0.4) is 0 Å². The number of benzene rings is 1. The number of carbonyl (C=O) groups is 1. The molecular weight excluding hydrogens is 531 g/mol. The third-order valence-corrected chi connectivity index (χ3v) is 7.57. The summed E-state index contributed by atoms with van der Waals surface area (Å²) in [6.07, 6.45) is 5.86. The number of carbonyl (C=O) groups excluding carboxylic acids is 1. The maximum Gasteiger partial charge on any atom is 0.245 e. The normalized spacial score (nSPS) is 13.9. The number of halogens is 1. The molecule has 1 fully saturated rings. The van der Waals surface area contributed by atoms with Gasteiger partial charge in [0.1, 0.15) is 29.5 Å². The number of anilines is 2. The summed E-state index contributed by atoms with van der Waals surface area (Å²) < 4.78 is 21.2. The number of aryl methyl sites for hydroxylation is 1. The Morgan fingerprint density at radius 3 is 2.75 bits per heavy atom. The zero-order valence-electron chi connectivity index (χ0n) is 21.6. The number of aromatic amines is 1. The lowest BCUT2D eigenvalue weighted by Gasteiger charge is -2.30. The van der Waals surface area contributed by atoms with Crippen molar-refractivity contribution in [2.45, 2.75) is 25.7 Å². The number of ether oxygens (including phenoxy) is 1. The van der Waals surface area contributed by atoms with Crippen molar-refractivity contribution in [1.82, 2.24) is 35.0 Å². The van der Waals surface area contributed by atoms with E-state index in [0.717, 1.165) is 29.2 Å². The van der Waals surface area contributed by atoms with Gasteiger partial charge in [-0.1, -0.05) is 6.58 Å². The smallest absolute Gasteiger partial charge is 0.245 e. The van der Waals surface area contributed by atoms with Gasteiger partial charge in [0.15, 0.2) is 5.65 Å². The van der Waals surface area contributed by atoms with Crippen LogP contribution >= 0.6 is 11.3 Å². The zero-order valence-corrected chi connectivity index (χ0v) is 22.4. The van der Waals surface area contributed by atoms with Crippen molar-refractivity contribution in [2.24, 2.45) is 0 Å². The van der Waals surface area contributed by atoms with Gasteiger partial charge >= 0.3 is 0 Å². The molecule has 6 rings (SSSR count). The van der Waals surface area contributed by atoms with E-state index in [9.17, 15) is 4.79 Å². The van der Waals surface area contributed by atoms with E-state index in [1.807, 2.05) is 12.3 Å². The first kappa shape index (κ1) is 25.6. The molecule has 0 unspecified atom stereocenters. The molecule has 0 spiro atoms. The van der Waals surface area contributed by atoms with Crippen LogP contribution in [0.1, 0.15) is 29.5 Å². The van der Waals surface area contributed by atoms with Crippen LogP contribution in [0.4, 0.5) is 15.9 Å². The first-order chi connectivity index (χ1) is 19.5. The van der Waals surface area contributed by atoms with Crippen molar-refractivity contribution in [3.8, 4) is 22.9 Å². The Kier molecular flexibility index (Phi) is 6.91. The maximum absolute atomic E-state index is 15.2. The Bertz CT molecular complexity index is 1710. The molecule has 5 aromatic rings. The molecule has 1 aliphatic rings. The number of thiazole rings is 1. The van der Waals surface area contributed by atoms with Gasteiger partial charge < -0.3 is 15.0 Å². The Morgan fingerprint density at radius 2 is 2.00 bits per heavy atom. The number of fused-ring (bicyclic) bond motifs is 1. The molecule has 4 aromatic heterocycles. The molecule has 0 atom stereocenters. The molecule has 1 aromatic carbocycles. The molecule has 202 valence electrons. The van der Waals surface area contributed by atoms with Crippen LogP contribution in [-0.4, -0.2) is 54.0 Å². The number of nitrogens with one attached hydrogen (secondary N) is 2. The Hall–Kier alpha value is -4.71. The van der Waals surface area contributed by atoms with Crippen molar-refractivity contribution in [2.75, 3.05) is 18.4 Å². The quantitative estimate of drug-likeness (QED) is 0.243. The van der Waals surface area contributed by atoms with Crippen molar-refractivity contribution in [3.05, 3.63) is 77.4 Å². The average Bonchev–Trinajstić information content (AvgIpc) is 3.61. The van der Waals surface area contributed by atoms with Crippen LogP contribution in [-0.2, 0) is 4.79 Å². The number of H-pyrrole nitrogens is 1. The molecule has 10 nitrogen and oxygen atoms in total. The summed E-state index contributed by atoms with van der Waals surface area (Å²) in [5, 5.41) is 14.2. The van der Waals surface area contributed by atoms with Crippen LogP contribution < -0.4 is 10.1 Å². The predicted molar refractivity (Wildman–Crippen MR) is 150 cm³/mol. The molecule has 0 bridgehead atoms. The molecule has 0 aliphatic carbocycles. The van der Waals surface area contributed by atoms with E-state index in [4.69, 9.17) is 4.74 Å². The second kappa shape index (κ2) is 10.8. The monoisotopic (exact) mass is 556 g/mol. The van der Waals surface area contributed by atoms with Crippen molar-refractivity contribution in [3.63, 3.8) is 0 Å². The maximum atomic E-state index is 15.2. The molecule has 2 N–H and O–H groups in total. The minimum absolute atomic E-state index is 0.0714. The number of hydrogen-bond donors (Lipinski definition) is 2. The zero-order chi connectivity index (χ0) is 27.6. The highest BCUT2D eigenvalue weighted by Crippen LogP contribution is 2.36. The van der Waals surface area contributed by atoms with Gasteiger partial charge in [0.2, 0.25) is 5.91 Å². The number of hydrogen-bond acceptors (Lipinski definition) is 9. The van der Waals surface area contributed by atoms with E-state index < -0.39 is 5.82 Å². The lowest BCUT2D eigenvalue weighted by Crippen LogP contribution is -2.36. The van der Waals surface area contributed by atoms with Crippen LogP contribution in [0.25, 0.3) is 22.4 Å². The molecule has 0 saturated carbocycles. The van der Waals surface area contributed by atoms with E-state index in [1.165, 1.54) is 18.5 Å². The summed E-state index contributed by atoms with van der Waals surface area (Å²) in [5.41, 5.74) is 3.04. The fourth-order valence-corrected chi connectivity index (χ4v) is 5.40. The largest absolute Gasteiger partial charge is 0.457 e. The van der Waals surface area contributed by atoms with E-state index in [-0.39, 0.29) is 17.5 Å². The highest BCUT2D eigenvalue weighted by atomic mass is 32.1. The fraction of sp³-hybridized carbons (Fsp3) is 0.214. The molecule has 1 amide bonds. The number of aromatic nitrogens is 6. The molecular formula is C28H25FN8O2S. The minimum atomic E-state index is -0.505. The topological polar surface area (TPSA) is 122 Å². The molecule has 12 heteroatoms. The highest BCUT2D eigenvalue weighted by Gasteiger charge is 2.27. The standard InChI is InChI=1S/C28H25FN8O2S/c1-3-24(38)37-10-7-17(8-11-37)26-25-27(31-15-32-28(25)36-35-26)34-21-5-4-18(12-20(21)29)39-19-6-9-30-22(13-19)23-14-40-16(2)33-23/h3-6,9,12-15,17H,1,7-8,10-11H2,2H3,(H2,31,32,34,35,36). The van der Waals surface area contributed by atoms with Gasteiger partial charge in [-0.25, -0.2) is 19.3 Å². The van der Waals surface area contributed by atoms with Gasteiger partial charge in [0.05, 0.1) is 33.2 Å². The summed E-state index contributed by atoms with van der Waals surface area (Å²) in [4.78, 5) is 31.3. The summed E-state index contributed by atoms with van der Waals surface area (Å²) in [6, 6.07) is 8.08. The lowest BCUT2D eigenvalue weighted by molar-refractivity contribution is -0.127. The van der Waals surface area contributed by atoms with E-state index in [0.29, 0.717) is 47.1 Å². The first-order valence-corrected chi connectivity index (χ1v) is 13.6. The molecule has 40 heavy (non-hydrogen) atoms. The van der Waals surface area contributed by atoms with Crippen molar-refractivity contribution < 1.29 is 13.9 Å². The second-order valence-electron chi connectivity index (χ2n) is 9.36. The summed E-state index contributed by atoms with van der Waals surface area (Å²) >= 11 is 1.54. The van der Waals surface area contributed by atoms with Gasteiger partial charge in [0.25, 0.3) is 0 Å². The van der Waals surface area contributed by atoms with Crippen LogP contribution in [0.2, 0.25) is 0 Å². The van der Waals surface area contributed by atoms with E-state index >= 15 is 4.39 Å². The Morgan fingerprint density at radius 1 is 1.18 bits per heavy atom. The summed E-state index contributed by atoms with van der Waals surface area (Å²) in [6.45, 7) is 6.72. The third-order valence-electron chi connectivity index (χ3n) is 6.80. The third kappa shape index (κ3) is 5.13. The predicted octanol–water partition coefficient (Wildman–Crippen LogP) is 5.75. The average molecular weight is 557 g/mol. The number of rotatable bonds is 7. The van der Waals surface area contributed by atoms with Gasteiger partial charge in [-0.2, -0.15) is 5.10 Å². The Labute approximate surface area is 233 Å². The van der Waals surface area contributed by atoms with Crippen LogP contribution in [0, 0.1) is 12.7 Å².